The number of benzene rings is 1. The summed E-state index contributed by atoms with van der Waals surface area (Å²) in [7, 11) is 0. The molecular formula is C15H21BrFN. The summed E-state index contributed by atoms with van der Waals surface area (Å²) in [5, 5.41) is 3.46. The van der Waals surface area contributed by atoms with Gasteiger partial charge in [-0.1, -0.05) is 29.8 Å². The molecule has 1 nitrogen and oxygen atoms in total. The van der Waals surface area contributed by atoms with E-state index in [4.69, 9.17) is 0 Å². The summed E-state index contributed by atoms with van der Waals surface area (Å²) in [6.45, 7) is 6.46. The number of halogens is 2. The maximum Gasteiger partial charge on any atom is 0.123 e. The highest BCUT2D eigenvalue weighted by atomic mass is 79.9. The molecule has 3 heteroatoms. The van der Waals surface area contributed by atoms with Gasteiger partial charge in [-0.15, -0.1) is 0 Å². The van der Waals surface area contributed by atoms with Gasteiger partial charge < -0.3 is 5.32 Å². The van der Waals surface area contributed by atoms with Crippen molar-refractivity contribution in [1.29, 1.82) is 0 Å². The summed E-state index contributed by atoms with van der Waals surface area (Å²) in [5.74, 6) is 0.640. The fraction of sp³-hybridized carbons (Fsp3) is 0.600. The Kier molecular flexibility index (Phi) is 4.44. The van der Waals surface area contributed by atoms with Crippen molar-refractivity contribution in [3.63, 3.8) is 0 Å². The van der Waals surface area contributed by atoms with Crippen LogP contribution in [0.15, 0.2) is 22.7 Å². The molecule has 1 aliphatic carbocycles. The molecule has 1 atom stereocenters. The minimum Gasteiger partial charge on any atom is -0.316 e. The topological polar surface area (TPSA) is 12.0 Å². The minimum absolute atomic E-state index is 0.144. The second-order valence-electron chi connectivity index (χ2n) is 5.62. The van der Waals surface area contributed by atoms with Crippen molar-refractivity contribution in [2.75, 3.05) is 13.1 Å². The first-order valence-electron chi connectivity index (χ1n) is 6.70. The summed E-state index contributed by atoms with van der Waals surface area (Å²) >= 11 is 3.53. The first kappa shape index (κ1) is 14.0. The SMILES string of the molecule is CCNCC(C)(Cc1cc(F)ccc1Br)C1CC1. The maximum atomic E-state index is 13.4. The van der Waals surface area contributed by atoms with Crippen molar-refractivity contribution in [1.82, 2.24) is 5.32 Å². The average molecular weight is 314 g/mol. The average Bonchev–Trinajstić information content (AvgIpc) is 3.16. The van der Waals surface area contributed by atoms with Crippen molar-refractivity contribution in [3.05, 3.63) is 34.1 Å². The van der Waals surface area contributed by atoms with Crippen molar-refractivity contribution in [3.8, 4) is 0 Å². The van der Waals surface area contributed by atoms with Gasteiger partial charge in [0.25, 0.3) is 0 Å². The van der Waals surface area contributed by atoms with Gasteiger partial charge in [0.2, 0.25) is 0 Å². The van der Waals surface area contributed by atoms with Crippen LogP contribution in [0.3, 0.4) is 0 Å². The van der Waals surface area contributed by atoms with Gasteiger partial charge in [0, 0.05) is 11.0 Å². The Hall–Kier alpha value is -0.410. The number of nitrogens with one attached hydrogen (secondary N) is 1. The number of hydrogen-bond acceptors (Lipinski definition) is 1. The Labute approximate surface area is 117 Å². The van der Waals surface area contributed by atoms with Gasteiger partial charge in [0.15, 0.2) is 0 Å². The molecule has 1 unspecified atom stereocenters. The molecule has 0 radical (unpaired) electrons. The third-order valence-corrected chi connectivity index (χ3v) is 4.72. The van der Waals surface area contributed by atoms with E-state index in [1.54, 1.807) is 6.07 Å². The van der Waals surface area contributed by atoms with E-state index in [1.165, 1.54) is 18.9 Å². The maximum absolute atomic E-state index is 13.4. The summed E-state index contributed by atoms with van der Waals surface area (Å²) in [4.78, 5) is 0. The second kappa shape index (κ2) is 5.70. The predicted octanol–water partition coefficient (Wildman–Crippen LogP) is 4.16. The van der Waals surface area contributed by atoms with Crippen molar-refractivity contribution in [2.24, 2.45) is 11.3 Å². The molecule has 0 aromatic heterocycles. The third kappa shape index (κ3) is 3.33. The van der Waals surface area contributed by atoms with Crippen molar-refractivity contribution >= 4 is 15.9 Å². The zero-order valence-corrected chi connectivity index (χ0v) is 12.7. The Bertz CT molecular complexity index is 417. The molecule has 0 spiro atoms. The highest BCUT2D eigenvalue weighted by Crippen LogP contribution is 2.47. The van der Waals surface area contributed by atoms with Crippen molar-refractivity contribution < 1.29 is 4.39 Å². The quantitative estimate of drug-likeness (QED) is 0.831. The molecule has 1 aliphatic rings. The smallest absolute Gasteiger partial charge is 0.123 e. The first-order valence-corrected chi connectivity index (χ1v) is 7.49. The molecule has 1 saturated carbocycles. The lowest BCUT2D eigenvalue weighted by Crippen LogP contribution is -2.35. The van der Waals surface area contributed by atoms with Crippen LogP contribution >= 0.6 is 15.9 Å². The number of rotatable bonds is 6. The van der Waals surface area contributed by atoms with Gasteiger partial charge in [0.05, 0.1) is 0 Å². The van der Waals surface area contributed by atoms with Crippen LogP contribution in [0.5, 0.6) is 0 Å². The van der Waals surface area contributed by atoms with E-state index in [9.17, 15) is 4.39 Å². The summed E-state index contributed by atoms with van der Waals surface area (Å²) < 4.78 is 14.4. The molecule has 0 aliphatic heterocycles. The molecule has 0 bridgehead atoms. The number of hydrogen-bond donors (Lipinski definition) is 1. The largest absolute Gasteiger partial charge is 0.316 e. The highest BCUT2D eigenvalue weighted by Gasteiger charge is 2.41. The van der Waals surface area contributed by atoms with Crippen molar-refractivity contribution in [2.45, 2.75) is 33.1 Å². The molecule has 1 aromatic carbocycles. The normalized spacial score (nSPS) is 18.7. The fourth-order valence-corrected chi connectivity index (χ4v) is 3.04. The predicted molar refractivity (Wildman–Crippen MR) is 77.2 cm³/mol. The molecule has 0 heterocycles. The van der Waals surface area contributed by atoms with E-state index in [1.807, 2.05) is 6.07 Å². The standard InChI is InChI=1S/C15H21BrFN/c1-3-18-10-15(2,12-4-5-12)9-11-8-13(17)6-7-14(11)16/h6-8,12,18H,3-5,9-10H2,1-2H3. The molecule has 18 heavy (non-hydrogen) atoms. The zero-order valence-electron chi connectivity index (χ0n) is 11.1. The van der Waals surface area contributed by atoms with E-state index >= 15 is 0 Å². The van der Waals surface area contributed by atoms with Crippen LogP contribution in [0, 0.1) is 17.2 Å². The van der Waals surface area contributed by atoms with E-state index < -0.39 is 0 Å². The van der Waals surface area contributed by atoms with E-state index in [0.717, 1.165) is 35.5 Å². The molecule has 1 fully saturated rings. The monoisotopic (exact) mass is 313 g/mol. The van der Waals surface area contributed by atoms with Gasteiger partial charge in [-0.05, 0) is 60.9 Å². The molecule has 100 valence electrons. The molecule has 0 amide bonds. The van der Waals surface area contributed by atoms with Crippen LogP contribution in [-0.2, 0) is 6.42 Å². The van der Waals surface area contributed by atoms with Gasteiger partial charge in [-0.2, -0.15) is 0 Å². The Morgan fingerprint density at radius 2 is 2.17 bits per heavy atom. The Balaban J connectivity index is 2.15. The highest BCUT2D eigenvalue weighted by molar-refractivity contribution is 9.10. The van der Waals surface area contributed by atoms with Gasteiger partial charge >= 0.3 is 0 Å². The Morgan fingerprint density at radius 3 is 2.78 bits per heavy atom. The molecule has 1 N–H and O–H groups in total. The second-order valence-corrected chi connectivity index (χ2v) is 6.48. The van der Waals surface area contributed by atoms with Gasteiger partial charge in [-0.25, -0.2) is 4.39 Å². The van der Waals surface area contributed by atoms with E-state index in [0.29, 0.717) is 0 Å². The fourth-order valence-electron chi connectivity index (χ4n) is 2.66. The molecule has 2 rings (SSSR count). The first-order chi connectivity index (χ1) is 8.55. The third-order valence-electron chi connectivity index (χ3n) is 3.94. The van der Waals surface area contributed by atoms with Crippen LogP contribution in [0.4, 0.5) is 4.39 Å². The minimum atomic E-state index is -0.144. The molecule has 1 aromatic rings. The lowest BCUT2D eigenvalue weighted by molar-refractivity contribution is 0.257. The molecule has 0 saturated heterocycles. The van der Waals surface area contributed by atoms with Crippen LogP contribution in [0.1, 0.15) is 32.3 Å². The molecular weight excluding hydrogens is 293 g/mol. The van der Waals surface area contributed by atoms with E-state index in [2.05, 4.69) is 35.1 Å². The lowest BCUT2D eigenvalue weighted by Gasteiger charge is -2.30. The summed E-state index contributed by atoms with van der Waals surface area (Å²) in [5.41, 5.74) is 1.33. The summed E-state index contributed by atoms with van der Waals surface area (Å²) in [6.07, 6.45) is 3.56. The zero-order chi connectivity index (χ0) is 13.2. The van der Waals surface area contributed by atoms with Crippen LogP contribution in [-0.4, -0.2) is 13.1 Å². The van der Waals surface area contributed by atoms with Crippen LogP contribution in [0.25, 0.3) is 0 Å². The summed E-state index contributed by atoms with van der Waals surface area (Å²) in [6, 6.07) is 4.98. The van der Waals surface area contributed by atoms with Gasteiger partial charge in [-0.3, -0.25) is 0 Å². The van der Waals surface area contributed by atoms with Gasteiger partial charge in [0.1, 0.15) is 5.82 Å². The Morgan fingerprint density at radius 1 is 1.44 bits per heavy atom. The van der Waals surface area contributed by atoms with Crippen LogP contribution in [0.2, 0.25) is 0 Å². The van der Waals surface area contributed by atoms with Crippen LogP contribution < -0.4 is 5.32 Å². The lowest BCUT2D eigenvalue weighted by atomic mass is 9.79. The van der Waals surface area contributed by atoms with E-state index in [-0.39, 0.29) is 11.2 Å².